The summed E-state index contributed by atoms with van der Waals surface area (Å²) in [6.07, 6.45) is 0.673. The fourth-order valence-corrected chi connectivity index (χ4v) is 5.24. The molecule has 0 aromatic heterocycles. The first-order valence-corrected chi connectivity index (χ1v) is 13.5. The number of carbonyl (C=O) groups is 2. The molecule has 210 valence electrons. The predicted molar refractivity (Wildman–Crippen MR) is 155 cm³/mol. The molecule has 2 aliphatic heterocycles. The highest BCUT2D eigenvalue weighted by molar-refractivity contribution is 6.05. The number of nitrogens with zero attached hydrogens (tertiary/aromatic N) is 2. The second kappa shape index (κ2) is 12.3. The third-order valence-electron chi connectivity index (χ3n) is 7.52. The van der Waals surface area contributed by atoms with Crippen molar-refractivity contribution in [1.82, 2.24) is 15.1 Å². The molecule has 3 aromatic carbocycles. The number of piperazine rings is 1. The standard InChI is InChI=1S/C30H36N6O4/c1-35-14-15-36(19-26(35)22-10-11-27-28(18-22)40-17-16-39-27)13-12-24(34-30(32)38)20-6-8-21(9-7-20)29(37)33-25-5-3-2-4-23(25)31/h2-11,18,24,26H,12-17,19,31H2,1H3,(H,33,37)(H3,32,34,38). The molecule has 2 heterocycles. The molecule has 0 spiro atoms. The van der Waals surface area contributed by atoms with Crippen molar-refractivity contribution in [2.75, 3.05) is 57.5 Å². The van der Waals surface area contributed by atoms with Crippen LogP contribution in [0.3, 0.4) is 0 Å². The predicted octanol–water partition coefficient (Wildman–Crippen LogP) is 3.38. The van der Waals surface area contributed by atoms with Crippen LogP contribution in [0.5, 0.6) is 11.5 Å². The number of nitrogens with two attached hydrogens (primary N) is 2. The topological polar surface area (TPSA) is 135 Å². The lowest BCUT2D eigenvalue weighted by atomic mass is 9.99. The third kappa shape index (κ3) is 6.47. The Balaban J connectivity index is 1.23. The van der Waals surface area contributed by atoms with Gasteiger partial charge in [-0.15, -0.1) is 0 Å². The second-order valence-electron chi connectivity index (χ2n) is 10.2. The highest BCUT2D eigenvalue weighted by atomic mass is 16.6. The average Bonchev–Trinajstić information content (AvgIpc) is 2.97. The number of anilines is 2. The SMILES string of the molecule is CN1CCN(CCC(NC(N)=O)c2ccc(C(=O)Nc3ccccc3N)cc2)CC1c1ccc2c(c1)OCCO2. The lowest BCUT2D eigenvalue weighted by molar-refractivity contribution is 0.0920. The van der Waals surface area contributed by atoms with Crippen LogP contribution in [0.2, 0.25) is 0 Å². The zero-order valence-electron chi connectivity index (χ0n) is 22.6. The Labute approximate surface area is 234 Å². The van der Waals surface area contributed by atoms with Gasteiger partial charge >= 0.3 is 6.03 Å². The first-order chi connectivity index (χ1) is 19.4. The number of urea groups is 1. The Morgan fingerprint density at radius 2 is 1.75 bits per heavy atom. The van der Waals surface area contributed by atoms with Crippen molar-refractivity contribution >= 4 is 23.3 Å². The van der Waals surface area contributed by atoms with E-state index in [0.29, 0.717) is 36.6 Å². The quantitative estimate of drug-likeness (QED) is 0.319. The van der Waals surface area contributed by atoms with Gasteiger partial charge in [-0.25, -0.2) is 4.79 Å². The molecule has 3 amide bonds. The van der Waals surface area contributed by atoms with Crippen LogP contribution in [-0.2, 0) is 0 Å². The van der Waals surface area contributed by atoms with Crippen LogP contribution in [0.4, 0.5) is 16.2 Å². The van der Waals surface area contributed by atoms with Crippen molar-refractivity contribution < 1.29 is 19.1 Å². The van der Waals surface area contributed by atoms with Gasteiger partial charge in [-0.2, -0.15) is 0 Å². The number of nitrogens with one attached hydrogen (secondary N) is 2. The van der Waals surface area contributed by atoms with Crippen molar-refractivity contribution in [3.8, 4) is 11.5 Å². The number of para-hydroxylation sites is 2. The van der Waals surface area contributed by atoms with Crippen molar-refractivity contribution in [2.24, 2.45) is 5.73 Å². The molecule has 5 rings (SSSR count). The highest BCUT2D eigenvalue weighted by Gasteiger charge is 2.28. The summed E-state index contributed by atoms with van der Waals surface area (Å²) in [6.45, 7) is 4.59. The highest BCUT2D eigenvalue weighted by Crippen LogP contribution is 2.35. The molecule has 2 aliphatic rings. The van der Waals surface area contributed by atoms with Gasteiger partial charge in [0.25, 0.3) is 5.91 Å². The number of likely N-dealkylation sites (N-methyl/N-ethyl adjacent to an activating group) is 1. The number of rotatable bonds is 8. The van der Waals surface area contributed by atoms with Crippen LogP contribution in [-0.4, -0.2) is 68.2 Å². The van der Waals surface area contributed by atoms with Gasteiger partial charge in [-0.3, -0.25) is 9.69 Å². The Morgan fingerprint density at radius 1 is 1.00 bits per heavy atom. The summed E-state index contributed by atoms with van der Waals surface area (Å²) in [7, 11) is 2.14. The number of carbonyl (C=O) groups excluding carboxylic acids is 2. The summed E-state index contributed by atoms with van der Waals surface area (Å²) in [6, 6.07) is 19.8. The van der Waals surface area contributed by atoms with Crippen molar-refractivity contribution in [3.63, 3.8) is 0 Å². The number of hydrogen-bond donors (Lipinski definition) is 4. The van der Waals surface area contributed by atoms with Crippen molar-refractivity contribution in [2.45, 2.75) is 18.5 Å². The first-order valence-electron chi connectivity index (χ1n) is 13.5. The van der Waals surface area contributed by atoms with E-state index >= 15 is 0 Å². The minimum atomic E-state index is -0.584. The molecule has 0 aliphatic carbocycles. The van der Waals surface area contributed by atoms with Gasteiger partial charge in [0.15, 0.2) is 11.5 Å². The molecule has 40 heavy (non-hydrogen) atoms. The summed E-state index contributed by atoms with van der Waals surface area (Å²) in [4.78, 5) is 29.3. The monoisotopic (exact) mass is 544 g/mol. The zero-order valence-corrected chi connectivity index (χ0v) is 22.6. The largest absolute Gasteiger partial charge is 0.486 e. The average molecular weight is 545 g/mol. The summed E-state index contributed by atoms with van der Waals surface area (Å²) >= 11 is 0. The molecule has 10 nitrogen and oxygen atoms in total. The van der Waals surface area contributed by atoms with E-state index in [1.54, 1.807) is 24.3 Å². The molecule has 1 fully saturated rings. The van der Waals surface area contributed by atoms with Crippen LogP contribution < -0.4 is 31.6 Å². The number of benzene rings is 3. The number of primary amides is 1. The Hall–Kier alpha value is -4.28. The smallest absolute Gasteiger partial charge is 0.312 e. The van der Waals surface area contributed by atoms with E-state index in [1.165, 1.54) is 5.56 Å². The normalized spacial score (nSPS) is 18.1. The zero-order chi connectivity index (χ0) is 28.1. The van der Waals surface area contributed by atoms with Gasteiger partial charge in [0.1, 0.15) is 13.2 Å². The Kier molecular flexibility index (Phi) is 8.37. The summed E-state index contributed by atoms with van der Waals surface area (Å²) in [5.74, 6) is 1.33. The molecular formula is C30H36N6O4. The molecule has 0 saturated carbocycles. The molecule has 6 N–H and O–H groups in total. The van der Waals surface area contributed by atoms with E-state index in [1.807, 2.05) is 30.3 Å². The van der Waals surface area contributed by atoms with Gasteiger partial charge in [0.2, 0.25) is 0 Å². The minimum Gasteiger partial charge on any atom is -0.486 e. The summed E-state index contributed by atoms with van der Waals surface area (Å²) in [5.41, 5.74) is 15.1. The van der Waals surface area contributed by atoms with E-state index in [4.69, 9.17) is 20.9 Å². The number of hydrogen-bond acceptors (Lipinski definition) is 7. The molecule has 3 aromatic rings. The number of nitrogen functional groups attached to an aromatic ring is 1. The minimum absolute atomic E-state index is 0.212. The van der Waals surface area contributed by atoms with Gasteiger partial charge < -0.3 is 36.5 Å². The lowest BCUT2D eigenvalue weighted by Gasteiger charge is -2.40. The molecular weight excluding hydrogens is 508 g/mol. The van der Waals surface area contributed by atoms with Gasteiger partial charge in [0, 0.05) is 37.8 Å². The maximum absolute atomic E-state index is 12.7. The number of fused-ring (bicyclic) bond motifs is 1. The van der Waals surface area contributed by atoms with Crippen molar-refractivity contribution in [1.29, 1.82) is 0 Å². The van der Waals surface area contributed by atoms with Gasteiger partial charge in [-0.05, 0) is 61.0 Å². The van der Waals surface area contributed by atoms with E-state index in [9.17, 15) is 9.59 Å². The lowest BCUT2D eigenvalue weighted by Crippen LogP contribution is -2.47. The third-order valence-corrected chi connectivity index (χ3v) is 7.52. The van der Waals surface area contributed by atoms with E-state index < -0.39 is 6.03 Å². The first kappa shape index (κ1) is 27.3. The van der Waals surface area contributed by atoms with E-state index in [-0.39, 0.29) is 18.0 Å². The molecule has 1 saturated heterocycles. The number of ether oxygens (including phenoxy) is 2. The van der Waals surface area contributed by atoms with Gasteiger partial charge in [0.05, 0.1) is 17.4 Å². The maximum atomic E-state index is 12.7. The van der Waals surface area contributed by atoms with Crippen molar-refractivity contribution in [3.05, 3.63) is 83.4 Å². The van der Waals surface area contributed by atoms with E-state index in [0.717, 1.165) is 43.2 Å². The number of amides is 3. The Morgan fingerprint density at radius 3 is 2.50 bits per heavy atom. The molecule has 0 radical (unpaired) electrons. The van der Waals surface area contributed by atoms with E-state index in [2.05, 4.69) is 39.6 Å². The van der Waals surface area contributed by atoms with Gasteiger partial charge in [-0.1, -0.05) is 30.3 Å². The summed E-state index contributed by atoms with van der Waals surface area (Å²) in [5, 5.41) is 5.71. The van der Waals surface area contributed by atoms with Crippen LogP contribution in [0.25, 0.3) is 0 Å². The fourth-order valence-electron chi connectivity index (χ4n) is 5.24. The molecule has 2 atom stereocenters. The molecule has 10 heteroatoms. The molecule has 0 bridgehead atoms. The summed E-state index contributed by atoms with van der Waals surface area (Å²) < 4.78 is 11.5. The van der Waals surface area contributed by atoms with Crippen LogP contribution >= 0.6 is 0 Å². The maximum Gasteiger partial charge on any atom is 0.312 e. The van der Waals surface area contributed by atoms with Crippen LogP contribution in [0.1, 0.15) is 40.0 Å². The fraction of sp³-hybridized carbons (Fsp3) is 0.333. The second-order valence-corrected chi connectivity index (χ2v) is 10.2. The Bertz CT molecular complexity index is 1350. The van der Waals surface area contributed by atoms with Crippen LogP contribution in [0, 0.1) is 0 Å². The molecule has 2 unspecified atom stereocenters. The van der Waals surface area contributed by atoms with Crippen LogP contribution in [0.15, 0.2) is 66.7 Å².